The van der Waals surface area contributed by atoms with Gasteiger partial charge in [-0.05, 0) is 43.8 Å². The van der Waals surface area contributed by atoms with E-state index in [-0.39, 0.29) is 5.75 Å². The molecule has 0 aliphatic rings. The smallest absolute Gasteiger partial charge is 0.211 e. The predicted molar refractivity (Wildman–Crippen MR) is 77.3 cm³/mol. The van der Waals surface area contributed by atoms with E-state index in [0.717, 1.165) is 30.8 Å². The van der Waals surface area contributed by atoms with Crippen LogP contribution in [0.25, 0.3) is 0 Å². The number of nitrogens with one attached hydrogen (secondary N) is 2. The molecule has 0 radical (unpaired) electrons. The van der Waals surface area contributed by atoms with Gasteiger partial charge in [-0.2, -0.15) is 0 Å². The van der Waals surface area contributed by atoms with Crippen LogP contribution in [0.3, 0.4) is 0 Å². The number of unbranched alkanes of at least 4 members (excludes halogenated alkanes) is 1. The molecule has 1 aromatic rings. The van der Waals surface area contributed by atoms with E-state index in [1.165, 1.54) is 0 Å². The lowest BCUT2D eigenvalue weighted by Crippen LogP contribution is -2.26. The molecule has 1 aromatic heterocycles. The molecule has 18 heavy (non-hydrogen) atoms. The lowest BCUT2D eigenvalue weighted by molar-refractivity contribution is 0.573. The van der Waals surface area contributed by atoms with Gasteiger partial charge in [0.15, 0.2) is 0 Å². The Hall–Kier alpha value is -0.430. The third-order valence-corrected chi connectivity index (χ3v) is 4.78. The van der Waals surface area contributed by atoms with Crippen molar-refractivity contribution >= 4 is 21.4 Å². The SMILES string of the molecule is CCCNCCCCS(=O)(=O)NCc1cccs1. The van der Waals surface area contributed by atoms with Crippen LogP contribution in [0.5, 0.6) is 0 Å². The lowest BCUT2D eigenvalue weighted by atomic mass is 10.3. The van der Waals surface area contributed by atoms with Crippen LogP contribution in [0, 0.1) is 0 Å². The van der Waals surface area contributed by atoms with Crippen LogP contribution in [-0.4, -0.2) is 27.3 Å². The van der Waals surface area contributed by atoms with E-state index in [2.05, 4.69) is 17.0 Å². The van der Waals surface area contributed by atoms with Crippen LogP contribution in [-0.2, 0) is 16.6 Å². The molecule has 2 N–H and O–H groups in total. The van der Waals surface area contributed by atoms with Gasteiger partial charge in [0.2, 0.25) is 10.0 Å². The Morgan fingerprint density at radius 1 is 1.28 bits per heavy atom. The zero-order valence-corrected chi connectivity index (χ0v) is 12.4. The summed E-state index contributed by atoms with van der Waals surface area (Å²) in [5, 5.41) is 5.21. The molecule has 0 aliphatic carbocycles. The van der Waals surface area contributed by atoms with Crippen molar-refractivity contribution in [2.24, 2.45) is 0 Å². The van der Waals surface area contributed by atoms with E-state index in [4.69, 9.17) is 0 Å². The van der Waals surface area contributed by atoms with Gasteiger partial charge < -0.3 is 5.32 Å². The fraction of sp³-hybridized carbons (Fsp3) is 0.667. The molecule has 0 bridgehead atoms. The monoisotopic (exact) mass is 290 g/mol. The molecule has 1 heterocycles. The Morgan fingerprint density at radius 3 is 2.78 bits per heavy atom. The molecule has 0 fully saturated rings. The average molecular weight is 290 g/mol. The molecule has 0 spiro atoms. The van der Waals surface area contributed by atoms with E-state index in [0.29, 0.717) is 13.0 Å². The van der Waals surface area contributed by atoms with Crippen molar-refractivity contribution in [2.45, 2.75) is 32.7 Å². The molecule has 0 saturated carbocycles. The Balaban J connectivity index is 2.12. The summed E-state index contributed by atoms with van der Waals surface area (Å²) >= 11 is 1.56. The average Bonchev–Trinajstić information content (AvgIpc) is 2.84. The Morgan fingerprint density at radius 2 is 2.11 bits per heavy atom. The van der Waals surface area contributed by atoms with Crippen LogP contribution in [0.4, 0.5) is 0 Å². The molecule has 0 amide bonds. The highest BCUT2D eigenvalue weighted by Gasteiger charge is 2.09. The molecular formula is C12H22N2O2S2. The van der Waals surface area contributed by atoms with Crippen molar-refractivity contribution < 1.29 is 8.42 Å². The number of sulfonamides is 1. The summed E-state index contributed by atoms with van der Waals surface area (Å²) in [4.78, 5) is 1.04. The fourth-order valence-corrected chi connectivity index (χ4v) is 3.35. The zero-order chi connectivity index (χ0) is 13.3. The predicted octanol–water partition coefficient (Wildman–Crippen LogP) is 1.95. The van der Waals surface area contributed by atoms with Gasteiger partial charge in [-0.1, -0.05) is 13.0 Å². The van der Waals surface area contributed by atoms with Crippen LogP contribution in [0.15, 0.2) is 17.5 Å². The third-order valence-electron chi connectivity index (χ3n) is 2.49. The van der Waals surface area contributed by atoms with Crippen molar-refractivity contribution in [2.75, 3.05) is 18.8 Å². The van der Waals surface area contributed by atoms with Crippen LogP contribution in [0.1, 0.15) is 31.1 Å². The number of thiophene rings is 1. The van der Waals surface area contributed by atoms with Gasteiger partial charge in [0.05, 0.1) is 5.75 Å². The van der Waals surface area contributed by atoms with Crippen LogP contribution in [0.2, 0.25) is 0 Å². The Kier molecular flexibility index (Phi) is 7.50. The summed E-state index contributed by atoms with van der Waals surface area (Å²) in [7, 11) is -3.12. The summed E-state index contributed by atoms with van der Waals surface area (Å²) in [5.74, 6) is 0.214. The topological polar surface area (TPSA) is 58.2 Å². The zero-order valence-electron chi connectivity index (χ0n) is 10.8. The molecular weight excluding hydrogens is 268 g/mol. The van der Waals surface area contributed by atoms with Gasteiger partial charge in [-0.3, -0.25) is 0 Å². The lowest BCUT2D eigenvalue weighted by Gasteiger charge is -2.06. The first-order valence-electron chi connectivity index (χ1n) is 6.34. The molecule has 0 aliphatic heterocycles. The van der Waals surface area contributed by atoms with Crippen molar-refractivity contribution in [1.29, 1.82) is 0 Å². The quantitative estimate of drug-likeness (QED) is 0.648. The largest absolute Gasteiger partial charge is 0.317 e. The summed E-state index contributed by atoms with van der Waals surface area (Å²) < 4.78 is 26.0. The Labute approximate surface area is 114 Å². The second kappa shape index (κ2) is 8.63. The molecule has 0 atom stereocenters. The third kappa shape index (κ3) is 7.10. The first-order chi connectivity index (χ1) is 8.64. The second-order valence-corrected chi connectivity index (χ2v) is 7.14. The summed E-state index contributed by atoms with van der Waals surface area (Å²) in [6, 6.07) is 3.86. The molecule has 104 valence electrons. The van der Waals surface area contributed by atoms with Gasteiger partial charge in [0, 0.05) is 11.4 Å². The van der Waals surface area contributed by atoms with Gasteiger partial charge >= 0.3 is 0 Å². The van der Waals surface area contributed by atoms with E-state index >= 15 is 0 Å². The summed E-state index contributed by atoms with van der Waals surface area (Å²) in [5.41, 5.74) is 0. The number of hydrogen-bond donors (Lipinski definition) is 2. The molecule has 1 rings (SSSR count). The number of rotatable bonds is 10. The maximum absolute atomic E-state index is 11.7. The minimum absolute atomic E-state index is 0.214. The van der Waals surface area contributed by atoms with Crippen molar-refractivity contribution in [3.05, 3.63) is 22.4 Å². The van der Waals surface area contributed by atoms with Gasteiger partial charge in [-0.15, -0.1) is 11.3 Å². The van der Waals surface area contributed by atoms with Crippen molar-refractivity contribution in [1.82, 2.24) is 10.0 Å². The normalized spacial score (nSPS) is 11.8. The Bertz CT molecular complexity index is 402. The highest BCUT2D eigenvalue weighted by molar-refractivity contribution is 7.89. The standard InChI is InChI=1S/C12H22N2O2S2/c1-2-7-13-8-3-4-10-18(15,16)14-11-12-6-5-9-17-12/h5-6,9,13-14H,2-4,7-8,10-11H2,1H3. The minimum atomic E-state index is -3.12. The highest BCUT2D eigenvalue weighted by Crippen LogP contribution is 2.08. The van der Waals surface area contributed by atoms with Gasteiger partial charge in [0.25, 0.3) is 0 Å². The van der Waals surface area contributed by atoms with Crippen molar-refractivity contribution in [3.63, 3.8) is 0 Å². The molecule has 4 nitrogen and oxygen atoms in total. The van der Waals surface area contributed by atoms with Crippen LogP contribution >= 0.6 is 11.3 Å². The maximum Gasteiger partial charge on any atom is 0.211 e. The highest BCUT2D eigenvalue weighted by atomic mass is 32.2. The van der Waals surface area contributed by atoms with E-state index in [1.54, 1.807) is 11.3 Å². The molecule has 0 aromatic carbocycles. The second-order valence-electron chi connectivity index (χ2n) is 4.18. The van der Waals surface area contributed by atoms with Gasteiger partial charge in [0.1, 0.15) is 0 Å². The van der Waals surface area contributed by atoms with Gasteiger partial charge in [-0.25, -0.2) is 13.1 Å². The molecule has 0 unspecified atom stereocenters. The molecule has 6 heteroatoms. The maximum atomic E-state index is 11.7. The summed E-state index contributed by atoms with van der Waals surface area (Å²) in [6.07, 6.45) is 2.72. The molecule has 0 saturated heterocycles. The first kappa shape index (κ1) is 15.6. The fourth-order valence-electron chi connectivity index (χ4n) is 1.51. The van der Waals surface area contributed by atoms with E-state index < -0.39 is 10.0 Å². The van der Waals surface area contributed by atoms with Crippen LogP contribution < -0.4 is 10.0 Å². The summed E-state index contributed by atoms with van der Waals surface area (Å²) in [6.45, 7) is 4.43. The first-order valence-corrected chi connectivity index (χ1v) is 8.87. The number of hydrogen-bond acceptors (Lipinski definition) is 4. The van der Waals surface area contributed by atoms with E-state index in [9.17, 15) is 8.42 Å². The van der Waals surface area contributed by atoms with Crippen molar-refractivity contribution in [3.8, 4) is 0 Å². The minimum Gasteiger partial charge on any atom is -0.317 e. The van der Waals surface area contributed by atoms with E-state index in [1.807, 2.05) is 17.5 Å².